The molecule has 4 aromatic rings. The van der Waals surface area contributed by atoms with E-state index in [1.54, 1.807) is 42.3 Å². The zero-order valence-electron chi connectivity index (χ0n) is 23.3. The number of benzene rings is 3. The first-order valence-electron chi connectivity index (χ1n) is 13.6. The number of nitrogens with one attached hydrogen (secondary N) is 1. The molecule has 41 heavy (non-hydrogen) atoms. The number of rotatable bonds is 9. The smallest absolute Gasteiger partial charge is 0.322 e. The Hall–Kier alpha value is -4.79. The molecule has 1 N–H and O–H groups in total. The van der Waals surface area contributed by atoms with Crippen molar-refractivity contribution in [1.82, 2.24) is 9.47 Å². The quantitative estimate of drug-likeness (QED) is 0.259. The van der Waals surface area contributed by atoms with Crippen LogP contribution in [0.2, 0.25) is 0 Å². The SMILES string of the molecule is CCCCN(CC(=O)N1c2ccccc2-n2cccc2C1c1ccc(F)cc1)C(=O)Nc1ccc(OC)cc1OC. The van der Waals surface area contributed by atoms with Gasteiger partial charge in [-0.25, -0.2) is 9.18 Å². The Kier molecular flexibility index (Phi) is 8.24. The summed E-state index contributed by atoms with van der Waals surface area (Å²) in [4.78, 5) is 31.1. The Bertz CT molecular complexity index is 1530. The van der Waals surface area contributed by atoms with Crippen LogP contribution in [0.15, 0.2) is 85.1 Å². The lowest BCUT2D eigenvalue weighted by molar-refractivity contribution is -0.119. The molecular formula is C32H33FN4O4. The molecule has 1 atom stereocenters. The third kappa shape index (κ3) is 5.61. The molecule has 1 aliphatic heterocycles. The standard InChI is InChI=1S/C32H33FN4O4/c1-4-5-18-35(32(39)34-25-17-16-24(40-2)20-29(25)41-3)21-30(38)37-27-10-7-6-9-26(27)36-19-8-11-28(36)31(37)22-12-14-23(33)15-13-22/h6-17,19-20,31H,4-5,18,21H2,1-3H3,(H,34,39). The summed E-state index contributed by atoms with van der Waals surface area (Å²) < 4.78 is 26.6. The number of ether oxygens (including phenoxy) is 2. The molecule has 1 unspecified atom stereocenters. The van der Waals surface area contributed by atoms with Crippen LogP contribution in [0.3, 0.4) is 0 Å². The highest BCUT2D eigenvalue weighted by molar-refractivity contribution is 6.01. The molecule has 9 heteroatoms. The van der Waals surface area contributed by atoms with Crippen LogP contribution < -0.4 is 19.7 Å². The lowest BCUT2D eigenvalue weighted by Gasteiger charge is -2.39. The van der Waals surface area contributed by atoms with Gasteiger partial charge in [0, 0.05) is 18.8 Å². The van der Waals surface area contributed by atoms with E-state index < -0.39 is 12.1 Å². The van der Waals surface area contributed by atoms with Gasteiger partial charge in [-0.05, 0) is 60.5 Å². The van der Waals surface area contributed by atoms with Crippen LogP contribution in [0.25, 0.3) is 5.69 Å². The van der Waals surface area contributed by atoms with Gasteiger partial charge in [-0.1, -0.05) is 37.6 Å². The maximum Gasteiger partial charge on any atom is 0.322 e. The molecule has 0 saturated carbocycles. The predicted molar refractivity (Wildman–Crippen MR) is 157 cm³/mol. The summed E-state index contributed by atoms with van der Waals surface area (Å²) in [6, 6.07) is 21.9. The van der Waals surface area contributed by atoms with Crippen LogP contribution in [0.1, 0.15) is 37.1 Å². The normalized spacial score (nSPS) is 13.7. The first kappa shape index (κ1) is 27.8. The van der Waals surface area contributed by atoms with E-state index in [-0.39, 0.29) is 18.3 Å². The van der Waals surface area contributed by atoms with E-state index in [2.05, 4.69) is 5.32 Å². The fourth-order valence-corrected chi connectivity index (χ4v) is 5.16. The van der Waals surface area contributed by atoms with Gasteiger partial charge in [0.1, 0.15) is 29.9 Å². The Morgan fingerprint density at radius 1 is 0.951 bits per heavy atom. The molecule has 3 amide bonds. The van der Waals surface area contributed by atoms with Crippen molar-refractivity contribution in [3.05, 3.63) is 102 Å². The predicted octanol–water partition coefficient (Wildman–Crippen LogP) is 6.40. The number of carbonyl (C=O) groups is 2. The number of carbonyl (C=O) groups excluding carboxylic acids is 2. The zero-order chi connectivity index (χ0) is 28.9. The van der Waals surface area contributed by atoms with Crippen molar-refractivity contribution in [3.8, 4) is 17.2 Å². The number of anilines is 2. The second-order valence-electron chi connectivity index (χ2n) is 9.78. The minimum atomic E-state index is -0.509. The van der Waals surface area contributed by atoms with Crippen LogP contribution in [-0.2, 0) is 4.79 Å². The summed E-state index contributed by atoms with van der Waals surface area (Å²) in [5, 5.41) is 2.90. The summed E-state index contributed by atoms with van der Waals surface area (Å²) in [6.07, 6.45) is 3.53. The Morgan fingerprint density at radius 2 is 1.71 bits per heavy atom. The summed E-state index contributed by atoms with van der Waals surface area (Å²) in [5.41, 5.74) is 3.67. The number of fused-ring (bicyclic) bond motifs is 3. The van der Waals surface area contributed by atoms with Crippen LogP contribution in [0.5, 0.6) is 11.5 Å². The van der Waals surface area contributed by atoms with Crippen molar-refractivity contribution in [1.29, 1.82) is 0 Å². The highest BCUT2D eigenvalue weighted by Gasteiger charge is 2.37. The Labute approximate surface area is 238 Å². The van der Waals surface area contributed by atoms with E-state index in [1.165, 1.54) is 24.1 Å². The number of methoxy groups -OCH3 is 2. The molecule has 5 rings (SSSR count). The first-order chi connectivity index (χ1) is 19.9. The van der Waals surface area contributed by atoms with E-state index in [4.69, 9.17) is 9.47 Å². The first-order valence-corrected chi connectivity index (χ1v) is 13.6. The van der Waals surface area contributed by atoms with E-state index >= 15 is 0 Å². The fraction of sp³-hybridized carbons (Fsp3) is 0.250. The van der Waals surface area contributed by atoms with E-state index in [1.807, 2.05) is 54.1 Å². The van der Waals surface area contributed by atoms with Crippen molar-refractivity contribution >= 4 is 23.3 Å². The van der Waals surface area contributed by atoms with Gasteiger partial charge in [0.05, 0.1) is 37.0 Å². The minimum absolute atomic E-state index is 0.156. The zero-order valence-corrected chi connectivity index (χ0v) is 23.3. The topological polar surface area (TPSA) is 76.0 Å². The molecule has 0 bridgehead atoms. The molecule has 1 aliphatic rings. The number of urea groups is 1. The van der Waals surface area contributed by atoms with Crippen molar-refractivity contribution < 1.29 is 23.5 Å². The number of hydrogen-bond donors (Lipinski definition) is 1. The fourth-order valence-electron chi connectivity index (χ4n) is 5.16. The van der Waals surface area contributed by atoms with Gasteiger partial charge in [0.25, 0.3) is 0 Å². The third-order valence-electron chi connectivity index (χ3n) is 7.22. The average molecular weight is 557 g/mol. The van der Waals surface area contributed by atoms with Crippen LogP contribution in [0, 0.1) is 5.82 Å². The van der Waals surface area contributed by atoms with Gasteiger partial charge in [0.2, 0.25) is 5.91 Å². The lowest BCUT2D eigenvalue weighted by atomic mass is 9.97. The number of halogens is 1. The average Bonchev–Trinajstić information content (AvgIpc) is 3.49. The maximum atomic E-state index is 14.3. The molecule has 0 fully saturated rings. The summed E-state index contributed by atoms with van der Waals surface area (Å²) >= 11 is 0. The highest BCUT2D eigenvalue weighted by atomic mass is 19.1. The maximum absolute atomic E-state index is 14.3. The van der Waals surface area contributed by atoms with Gasteiger partial charge in [-0.3, -0.25) is 9.69 Å². The second kappa shape index (κ2) is 12.2. The highest BCUT2D eigenvalue weighted by Crippen LogP contribution is 2.42. The number of amides is 3. The van der Waals surface area contributed by atoms with E-state index in [9.17, 15) is 14.0 Å². The number of aromatic nitrogens is 1. The summed E-state index contributed by atoms with van der Waals surface area (Å²) in [6.45, 7) is 2.26. The number of unbranched alkanes of at least 4 members (excludes halogenated alkanes) is 1. The largest absolute Gasteiger partial charge is 0.497 e. The summed E-state index contributed by atoms with van der Waals surface area (Å²) in [5.74, 6) is 0.432. The van der Waals surface area contributed by atoms with Gasteiger partial charge in [-0.15, -0.1) is 0 Å². The molecule has 0 aliphatic carbocycles. The van der Waals surface area contributed by atoms with Crippen LogP contribution in [-0.4, -0.2) is 48.7 Å². The molecule has 0 radical (unpaired) electrons. The van der Waals surface area contributed by atoms with E-state index in [0.717, 1.165) is 29.8 Å². The van der Waals surface area contributed by atoms with Gasteiger partial charge in [0.15, 0.2) is 0 Å². The summed E-state index contributed by atoms with van der Waals surface area (Å²) in [7, 11) is 3.07. The van der Waals surface area contributed by atoms with Crippen molar-refractivity contribution in [2.24, 2.45) is 0 Å². The number of hydrogen-bond acceptors (Lipinski definition) is 4. The van der Waals surface area contributed by atoms with Gasteiger partial charge in [-0.2, -0.15) is 0 Å². The van der Waals surface area contributed by atoms with Crippen molar-refractivity contribution in [2.45, 2.75) is 25.8 Å². The minimum Gasteiger partial charge on any atom is -0.497 e. The van der Waals surface area contributed by atoms with Gasteiger partial charge >= 0.3 is 6.03 Å². The molecule has 212 valence electrons. The molecule has 3 aromatic carbocycles. The second-order valence-corrected chi connectivity index (χ2v) is 9.78. The Balaban J connectivity index is 1.49. The molecule has 1 aromatic heterocycles. The third-order valence-corrected chi connectivity index (χ3v) is 7.22. The van der Waals surface area contributed by atoms with Crippen LogP contribution >= 0.6 is 0 Å². The monoisotopic (exact) mass is 556 g/mol. The van der Waals surface area contributed by atoms with E-state index in [0.29, 0.717) is 29.4 Å². The van der Waals surface area contributed by atoms with Crippen molar-refractivity contribution in [3.63, 3.8) is 0 Å². The van der Waals surface area contributed by atoms with Crippen LogP contribution in [0.4, 0.5) is 20.6 Å². The lowest BCUT2D eigenvalue weighted by Crippen LogP contribution is -2.48. The number of para-hydroxylation sites is 2. The van der Waals surface area contributed by atoms with Gasteiger partial charge < -0.3 is 24.3 Å². The van der Waals surface area contributed by atoms with Crippen molar-refractivity contribution in [2.75, 3.05) is 37.5 Å². The molecule has 8 nitrogen and oxygen atoms in total. The molecule has 2 heterocycles. The molecular weight excluding hydrogens is 523 g/mol. The molecule has 0 saturated heterocycles. The Morgan fingerprint density at radius 3 is 2.41 bits per heavy atom. The molecule has 0 spiro atoms. The number of nitrogens with zero attached hydrogens (tertiary/aromatic N) is 3.